The first kappa shape index (κ1) is 23.6. The number of imide groups is 1. The maximum Gasteiger partial charge on any atom is 0.321 e. The smallest absolute Gasteiger partial charge is 0.321 e. The van der Waals surface area contributed by atoms with E-state index < -0.39 is 11.9 Å². The molecule has 2 aromatic carbocycles. The van der Waals surface area contributed by atoms with Crippen LogP contribution in [-0.4, -0.2) is 54.6 Å². The zero-order chi connectivity index (χ0) is 23.1. The van der Waals surface area contributed by atoms with Gasteiger partial charge in [0.15, 0.2) is 5.16 Å². The Morgan fingerprint density at radius 2 is 1.97 bits per heavy atom. The Morgan fingerprint density at radius 3 is 2.72 bits per heavy atom. The summed E-state index contributed by atoms with van der Waals surface area (Å²) in [5.41, 5.74) is 0.537. The number of hydrogen-bond acceptors (Lipinski definition) is 7. The van der Waals surface area contributed by atoms with E-state index in [0.717, 1.165) is 11.8 Å². The van der Waals surface area contributed by atoms with E-state index in [0.29, 0.717) is 34.0 Å². The topological polar surface area (TPSA) is 112 Å². The molecular formula is C21H21ClN4O5S. The summed E-state index contributed by atoms with van der Waals surface area (Å²) in [4.78, 5) is 41.9. The van der Waals surface area contributed by atoms with Gasteiger partial charge >= 0.3 is 6.03 Å². The molecule has 1 aromatic heterocycles. The molecule has 0 fully saturated rings. The van der Waals surface area contributed by atoms with Gasteiger partial charge in [0.2, 0.25) is 5.91 Å². The number of carbonyl (C=O) groups is 2. The number of nitrogens with one attached hydrogen (secondary N) is 2. The number of amides is 3. The van der Waals surface area contributed by atoms with Crippen molar-refractivity contribution < 1.29 is 19.1 Å². The molecule has 0 saturated heterocycles. The summed E-state index contributed by atoms with van der Waals surface area (Å²) in [5, 5.41) is 5.78. The second kappa shape index (κ2) is 11.0. The van der Waals surface area contributed by atoms with Crippen LogP contribution in [0.2, 0.25) is 5.02 Å². The van der Waals surface area contributed by atoms with E-state index in [2.05, 4.69) is 15.6 Å². The van der Waals surface area contributed by atoms with Crippen LogP contribution in [0.5, 0.6) is 5.75 Å². The summed E-state index contributed by atoms with van der Waals surface area (Å²) < 4.78 is 11.6. The average molecular weight is 477 g/mol. The van der Waals surface area contributed by atoms with E-state index in [4.69, 9.17) is 21.1 Å². The lowest BCUT2D eigenvalue weighted by atomic mass is 10.2. The number of rotatable bonds is 8. The molecule has 2 N–H and O–H groups in total. The zero-order valence-corrected chi connectivity index (χ0v) is 19.0. The lowest BCUT2D eigenvalue weighted by Gasteiger charge is -2.15. The van der Waals surface area contributed by atoms with Crippen LogP contribution in [-0.2, 0) is 9.53 Å². The monoisotopic (exact) mass is 476 g/mol. The minimum absolute atomic E-state index is 0.147. The second-order valence-electron chi connectivity index (χ2n) is 6.45. The van der Waals surface area contributed by atoms with E-state index in [1.807, 2.05) is 0 Å². The average Bonchev–Trinajstić information content (AvgIpc) is 2.77. The van der Waals surface area contributed by atoms with Crippen LogP contribution in [0.3, 0.4) is 0 Å². The highest BCUT2D eigenvalue weighted by atomic mass is 35.5. The molecule has 168 valence electrons. The minimum atomic E-state index is -0.631. The molecule has 0 aliphatic rings. The van der Waals surface area contributed by atoms with Crippen molar-refractivity contribution in [3.05, 3.63) is 57.8 Å². The highest BCUT2D eigenvalue weighted by molar-refractivity contribution is 7.99. The molecule has 0 bridgehead atoms. The summed E-state index contributed by atoms with van der Waals surface area (Å²) in [6.07, 6.45) is 0. The first-order valence-electron chi connectivity index (χ1n) is 9.49. The molecular weight excluding hydrogens is 456 g/mol. The third-order valence-corrected chi connectivity index (χ3v) is 5.48. The number of hydrogen-bond donors (Lipinski definition) is 2. The Balaban J connectivity index is 1.94. The van der Waals surface area contributed by atoms with Gasteiger partial charge in [-0.15, -0.1) is 0 Å². The Hall–Kier alpha value is -3.08. The first-order valence-corrected chi connectivity index (χ1v) is 10.9. The first-order chi connectivity index (χ1) is 15.4. The normalized spacial score (nSPS) is 10.7. The number of benzene rings is 2. The van der Waals surface area contributed by atoms with E-state index >= 15 is 0 Å². The van der Waals surface area contributed by atoms with Gasteiger partial charge in [-0.25, -0.2) is 9.78 Å². The predicted molar refractivity (Wildman–Crippen MR) is 123 cm³/mol. The van der Waals surface area contributed by atoms with Gasteiger partial charge in [0, 0.05) is 18.7 Å². The molecule has 0 saturated carbocycles. The van der Waals surface area contributed by atoms with Crippen LogP contribution in [0, 0.1) is 0 Å². The number of urea groups is 1. The van der Waals surface area contributed by atoms with Crippen molar-refractivity contribution in [1.29, 1.82) is 0 Å². The van der Waals surface area contributed by atoms with Crippen molar-refractivity contribution in [3.8, 4) is 11.4 Å². The molecule has 3 amide bonds. The lowest BCUT2D eigenvalue weighted by Crippen LogP contribution is -2.41. The highest BCUT2D eigenvalue weighted by Gasteiger charge is 2.18. The van der Waals surface area contributed by atoms with E-state index in [1.165, 1.54) is 18.8 Å². The number of para-hydroxylation sites is 2. The fourth-order valence-corrected chi connectivity index (χ4v) is 3.84. The number of halogens is 1. The van der Waals surface area contributed by atoms with E-state index in [1.54, 1.807) is 42.5 Å². The minimum Gasteiger partial charge on any atom is -0.495 e. The summed E-state index contributed by atoms with van der Waals surface area (Å²) in [5.74, 6) is -0.226. The van der Waals surface area contributed by atoms with Crippen LogP contribution in [0.4, 0.5) is 4.79 Å². The molecule has 1 heterocycles. The zero-order valence-electron chi connectivity index (χ0n) is 17.4. The molecule has 32 heavy (non-hydrogen) atoms. The quantitative estimate of drug-likeness (QED) is 0.292. The number of aromatic nitrogens is 2. The van der Waals surface area contributed by atoms with Crippen LogP contribution in [0.25, 0.3) is 16.6 Å². The van der Waals surface area contributed by atoms with Gasteiger partial charge in [-0.05, 0) is 30.3 Å². The van der Waals surface area contributed by atoms with Crippen molar-refractivity contribution in [3.63, 3.8) is 0 Å². The summed E-state index contributed by atoms with van der Waals surface area (Å²) >= 11 is 7.08. The summed E-state index contributed by atoms with van der Waals surface area (Å²) in [6, 6.07) is 11.2. The molecule has 0 spiro atoms. The Morgan fingerprint density at radius 1 is 1.19 bits per heavy atom. The van der Waals surface area contributed by atoms with Crippen LogP contribution in [0.1, 0.15) is 0 Å². The number of thioether (sulfide) groups is 1. The molecule has 0 aliphatic heterocycles. The van der Waals surface area contributed by atoms with Crippen molar-refractivity contribution in [2.75, 3.05) is 33.1 Å². The van der Waals surface area contributed by atoms with E-state index in [-0.39, 0.29) is 23.0 Å². The number of carbonyl (C=O) groups excluding carboxylic acids is 2. The van der Waals surface area contributed by atoms with Gasteiger partial charge in [-0.2, -0.15) is 0 Å². The molecule has 0 radical (unpaired) electrons. The SMILES string of the molecule is COCCNC(=O)NC(=O)CSc1nc2cc(Cl)ccc2c(=O)n1-c1ccccc1OC. The molecule has 0 aliphatic carbocycles. The molecule has 0 atom stereocenters. The largest absolute Gasteiger partial charge is 0.495 e. The van der Waals surface area contributed by atoms with Crippen LogP contribution in [0.15, 0.2) is 52.4 Å². The van der Waals surface area contributed by atoms with Crippen molar-refractivity contribution in [2.45, 2.75) is 5.16 Å². The fraction of sp³-hybridized carbons (Fsp3) is 0.238. The third kappa shape index (κ3) is 5.58. The number of ether oxygens (including phenoxy) is 2. The van der Waals surface area contributed by atoms with Gasteiger partial charge in [0.1, 0.15) is 5.75 Å². The van der Waals surface area contributed by atoms with Crippen molar-refractivity contribution >= 4 is 46.2 Å². The predicted octanol–water partition coefficient (Wildman–Crippen LogP) is 2.61. The number of fused-ring (bicyclic) bond motifs is 1. The van der Waals surface area contributed by atoms with Gasteiger partial charge < -0.3 is 14.8 Å². The van der Waals surface area contributed by atoms with Crippen molar-refractivity contribution in [1.82, 2.24) is 20.2 Å². The number of nitrogens with zero attached hydrogens (tertiary/aromatic N) is 2. The summed E-state index contributed by atoms with van der Waals surface area (Å²) in [6.45, 7) is 0.591. The van der Waals surface area contributed by atoms with Crippen molar-refractivity contribution in [2.24, 2.45) is 0 Å². The number of methoxy groups -OCH3 is 2. The standard InChI is InChI=1S/C21H21ClN4O5S/c1-30-10-9-23-20(29)25-18(27)12-32-21-24-15-11-13(22)7-8-14(15)19(28)26(21)16-5-3-4-6-17(16)31-2/h3-8,11H,9-10,12H2,1-2H3,(H2,23,25,27,29). The van der Waals surface area contributed by atoms with Gasteiger partial charge in [0.05, 0.1) is 36.1 Å². The van der Waals surface area contributed by atoms with Gasteiger partial charge in [-0.1, -0.05) is 35.5 Å². The maximum atomic E-state index is 13.3. The van der Waals surface area contributed by atoms with Gasteiger partial charge in [0.25, 0.3) is 5.56 Å². The molecule has 11 heteroatoms. The van der Waals surface area contributed by atoms with Gasteiger partial charge in [-0.3, -0.25) is 19.5 Å². The van der Waals surface area contributed by atoms with E-state index in [9.17, 15) is 14.4 Å². The summed E-state index contributed by atoms with van der Waals surface area (Å²) in [7, 11) is 3.01. The van der Waals surface area contributed by atoms with Crippen LogP contribution < -0.4 is 20.9 Å². The maximum absolute atomic E-state index is 13.3. The molecule has 3 rings (SSSR count). The molecule has 3 aromatic rings. The lowest BCUT2D eigenvalue weighted by molar-refractivity contribution is -0.117. The molecule has 9 nitrogen and oxygen atoms in total. The Labute approximate surface area is 193 Å². The Kier molecular flexibility index (Phi) is 8.09. The molecule has 0 unspecified atom stereocenters. The highest BCUT2D eigenvalue weighted by Crippen LogP contribution is 2.27. The third-order valence-electron chi connectivity index (χ3n) is 4.30. The fourth-order valence-electron chi connectivity index (χ4n) is 2.87. The Bertz CT molecular complexity index is 1200. The van der Waals surface area contributed by atoms with Crippen LogP contribution >= 0.6 is 23.4 Å². The second-order valence-corrected chi connectivity index (χ2v) is 7.83.